The Hall–Kier alpha value is -1.48. The third-order valence-corrected chi connectivity index (χ3v) is 2.63. The van der Waals surface area contributed by atoms with Crippen molar-refractivity contribution in [3.63, 3.8) is 0 Å². The minimum absolute atomic E-state index is 0.280. The summed E-state index contributed by atoms with van der Waals surface area (Å²) >= 11 is 0. The van der Waals surface area contributed by atoms with Gasteiger partial charge in [-0.1, -0.05) is 12.1 Å². The highest BCUT2D eigenvalue weighted by Gasteiger charge is 2.03. The van der Waals surface area contributed by atoms with Gasteiger partial charge in [-0.2, -0.15) is 0 Å². The molecule has 3 heteroatoms. The van der Waals surface area contributed by atoms with Gasteiger partial charge >= 0.3 is 0 Å². The van der Waals surface area contributed by atoms with E-state index < -0.39 is 0 Å². The van der Waals surface area contributed by atoms with Crippen LogP contribution in [0.25, 0.3) is 11.0 Å². The highest BCUT2D eigenvalue weighted by Crippen LogP contribution is 2.25. The molecule has 0 radical (unpaired) electrons. The Kier molecular flexibility index (Phi) is 3.47. The van der Waals surface area contributed by atoms with Crippen LogP contribution in [0.15, 0.2) is 34.9 Å². The second-order valence-electron chi connectivity index (χ2n) is 4.19. The van der Waals surface area contributed by atoms with Gasteiger partial charge in [-0.05, 0) is 31.9 Å². The first-order valence-electron chi connectivity index (χ1n) is 5.73. The van der Waals surface area contributed by atoms with Gasteiger partial charge in [0.1, 0.15) is 11.8 Å². The largest absolute Gasteiger partial charge is 0.462 e. The van der Waals surface area contributed by atoms with Gasteiger partial charge in [0.25, 0.3) is 0 Å². The molecule has 0 bridgehead atoms. The number of nitrogens with one attached hydrogen (secondary N) is 1. The van der Waals surface area contributed by atoms with Gasteiger partial charge in [-0.25, -0.2) is 0 Å². The van der Waals surface area contributed by atoms with E-state index >= 15 is 0 Å². The second kappa shape index (κ2) is 5.03. The summed E-state index contributed by atoms with van der Waals surface area (Å²) in [6, 6.07) is 8.31. The van der Waals surface area contributed by atoms with E-state index in [0.717, 1.165) is 36.0 Å². The fourth-order valence-corrected chi connectivity index (χ4v) is 1.76. The lowest BCUT2D eigenvalue weighted by molar-refractivity contribution is 0.615. The van der Waals surface area contributed by atoms with Crippen LogP contribution in [0.2, 0.25) is 0 Å². The smallest absolute Gasteiger partial charge is 0.136 e. The molecule has 3 N–H and O–H groups in total. The number of fused-ring (bicyclic) bond motifs is 1. The van der Waals surface area contributed by atoms with Crippen molar-refractivity contribution in [2.45, 2.75) is 25.8 Å². The number of hydrogen-bond acceptors (Lipinski definition) is 3. The number of rotatable bonds is 5. The Morgan fingerprint density at radius 2 is 2.19 bits per heavy atom. The van der Waals surface area contributed by atoms with Gasteiger partial charge in [0.05, 0.1) is 5.69 Å². The molecule has 1 unspecified atom stereocenters. The van der Waals surface area contributed by atoms with Crippen molar-refractivity contribution >= 4 is 16.7 Å². The van der Waals surface area contributed by atoms with Crippen LogP contribution in [0.3, 0.4) is 0 Å². The number of furan rings is 1. The van der Waals surface area contributed by atoms with E-state index in [9.17, 15) is 0 Å². The fraction of sp³-hybridized carbons (Fsp3) is 0.385. The summed E-state index contributed by atoms with van der Waals surface area (Å²) < 4.78 is 5.44. The molecule has 0 saturated carbocycles. The maximum Gasteiger partial charge on any atom is 0.136 e. The lowest BCUT2D eigenvalue weighted by Gasteiger charge is -2.06. The predicted octanol–water partition coefficient (Wildman–Crippen LogP) is 2.97. The zero-order valence-corrected chi connectivity index (χ0v) is 9.57. The molecule has 0 amide bonds. The number of hydrogen-bond donors (Lipinski definition) is 2. The molecule has 0 spiro atoms. The number of benzene rings is 1. The van der Waals surface area contributed by atoms with Crippen LogP contribution in [-0.4, -0.2) is 12.6 Å². The van der Waals surface area contributed by atoms with Crippen LogP contribution in [0.5, 0.6) is 0 Å². The third-order valence-electron chi connectivity index (χ3n) is 2.63. The summed E-state index contributed by atoms with van der Waals surface area (Å²) in [4.78, 5) is 0. The van der Waals surface area contributed by atoms with E-state index in [1.54, 1.807) is 6.26 Å². The van der Waals surface area contributed by atoms with Crippen molar-refractivity contribution in [1.29, 1.82) is 0 Å². The summed E-state index contributed by atoms with van der Waals surface area (Å²) in [7, 11) is 0. The van der Waals surface area contributed by atoms with Gasteiger partial charge in [-0.15, -0.1) is 0 Å². The molecule has 1 aromatic heterocycles. The van der Waals surface area contributed by atoms with Crippen LogP contribution < -0.4 is 11.1 Å². The van der Waals surface area contributed by atoms with Crippen LogP contribution in [0.4, 0.5) is 5.69 Å². The van der Waals surface area contributed by atoms with E-state index in [-0.39, 0.29) is 6.04 Å². The van der Waals surface area contributed by atoms with Crippen LogP contribution >= 0.6 is 0 Å². The van der Waals surface area contributed by atoms with Gasteiger partial charge < -0.3 is 15.5 Å². The van der Waals surface area contributed by atoms with Gasteiger partial charge in [0.15, 0.2) is 0 Å². The lowest BCUT2D eigenvalue weighted by Crippen LogP contribution is -2.16. The quantitative estimate of drug-likeness (QED) is 0.758. The molecule has 1 aromatic carbocycles. The molecule has 2 aromatic rings. The number of nitrogens with two attached hydrogens (primary N) is 1. The molecule has 1 atom stereocenters. The molecule has 0 saturated heterocycles. The van der Waals surface area contributed by atoms with E-state index in [1.165, 1.54) is 0 Å². The molecule has 0 aliphatic carbocycles. The zero-order valence-electron chi connectivity index (χ0n) is 9.57. The molecule has 0 aliphatic heterocycles. The first-order valence-corrected chi connectivity index (χ1v) is 5.73. The zero-order chi connectivity index (χ0) is 11.4. The topological polar surface area (TPSA) is 51.2 Å². The summed E-state index contributed by atoms with van der Waals surface area (Å²) in [5, 5.41) is 4.52. The predicted molar refractivity (Wildman–Crippen MR) is 67.6 cm³/mol. The first-order chi connectivity index (χ1) is 7.77. The highest BCUT2D eigenvalue weighted by atomic mass is 16.3. The van der Waals surface area contributed by atoms with Crippen molar-refractivity contribution in [2.24, 2.45) is 5.73 Å². The van der Waals surface area contributed by atoms with Crippen LogP contribution in [0, 0.1) is 0 Å². The van der Waals surface area contributed by atoms with Gasteiger partial charge in [-0.3, -0.25) is 0 Å². The first kappa shape index (κ1) is 11.0. The van der Waals surface area contributed by atoms with Crippen molar-refractivity contribution in [3.05, 3.63) is 30.5 Å². The second-order valence-corrected chi connectivity index (χ2v) is 4.19. The average molecular weight is 218 g/mol. The Bertz CT molecular complexity index is 448. The lowest BCUT2D eigenvalue weighted by atomic mass is 10.2. The maximum atomic E-state index is 5.70. The summed E-state index contributed by atoms with van der Waals surface area (Å²) in [6.45, 7) is 2.97. The Morgan fingerprint density at radius 1 is 1.38 bits per heavy atom. The fourth-order valence-electron chi connectivity index (χ4n) is 1.76. The minimum atomic E-state index is 0.280. The summed E-state index contributed by atoms with van der Waals surface area (Å²) in [6.07, 6.45) is 3.90. The number of para-hydroxylation sites is 1. The third kappa shape index (κ3) is 2.55. The molecule has 3 nitrogen and oxygen atoms in total. The van der Waals surface area contributed by atoms with Crippen molar-refractivity contribution in [2.75, 3.05) is 11.9 Å². The van der Waals surface area contributed by atoms with Crippen molar-refractivity contribution < 1.29 is 4.42 Å². The normalized spacial score (nSPS) is 12.9. The van der Waals surface area contributed by atoms with Crippen LogP contribution in [0.1, 0.15) is 19.8 Å². The van der Waals surface area contributed by atoms with Crippen molar-refractivity contribution in [1.82, 2.24) is 0 Å². The summed E-state index contributed by atoms with van der Waals surface area (Å²) in [5.41, 5.74) is 7.69. The molecule has 0 aliphatic rings. The molecule has 1 heterocycles. The van der Waals surface area contributed by atoms with Crippen LogP contribution in [-0.2, 0) is 0 Å². The monoisotopic (exact) mass is 218 g/mol. The van der Waals surface area contributed by atoms with Gasteiger partial charge in [0, 0.05) is 18.0 Å². The Labute approximate surface area is 95.6 Å². The van der Waals surface area contributed by atoms with E-state index in [4.69, 9.17) is 10.2 Å². The Morgan fingerprint density at radius 3 is 3.00 bits per heavy atom. The molecule has 2 rings (SSSR count). The molecular weight excluding hydrogens is 200 g/mol. The molecular formula is C13H18N2O. The van der Waals surface area contributed by atoms with E-state index in [1.807, 2.05) is 25.1 Å². The standard InChI is InChI=1S/C13H18N2O/c1-10(14)5-4-8-15-12-9-16-13-7-3-2-6-11(12)13/h2-3,6-7,9-10,15H,4-5,8,14H2,1H3. The molecule has 0 fully saturated rings. The molecule has 86 valence electrons. The van der Waals surface area contributed by atoms with Gasteiger partial charge in [0.2, 0.25) is 0 Å². The minimum Gasteiger partial charge on any atom is -0.462 e. The Balaban J connectivity index is 1.94. The number of anilines is 1. The molecule has 16 heavy (non-hydrogen) atoms. The van der Waals surface area contributed by atoms with E-state index in [2.05, 4.69) is 11.4 Å². The SMILES string of the molecule is CC(N)CCCNc1coc2ccccc12. The maximum absolute atomic E-state index is 5.70. The summed E-state index contributed by atoms with van der Waals surface area (Å²) in [5.74, 6) is 0. The highest BCUT2D eigenvalue weighted by molar-refractivity contribution is 5.90. The van der Waals surface area contributed by atoms with E-state index in [0.29, 0.717) is 0 Å². The van der Waals surface area contributed by atoms with Crippen molar-refractivity contribution in [3.8, 4) is 0 Å². The average Bonchev–Trinajstić information content (AvgIpc) is 2.68.